The van der Waals surface area contributed by atoms with Crippen molar-refractivity contribution in [2.24, 2.45) is 5.92 Å². The molecule has 3 rings (SSSR count). The zero-order chi connectivity index (χ0) is 20.3. The van der Waals surface area contributed by atoms with Gasteiger partial charge in [-0.25, -0.2) is 4.79 Å². The van der Waals surface area contributed by atoms with E-state index in [-0.39, 0.29) is 36.0 Å². The Balaban J connectivity index is 1.57. The lowest BCUT2D eigenvalue weighted by Gasteiger charge is -2.30. The molecule has 1 heterocycles. The summed E-state index contributed by atoms with van der Waals surface area (Å²) in [5.74, 6) is 0.832. The van der Waals surface area contributed by atoms with Crippen molar-refractivity contribution in [3.05, 3.63) is 35.6 Å². The Morgan fingerprint density at radius 2 is 1.86 bits per heavy atom. The molecule has 2 aromatic rings. The van der Waals surface area contributed by atoms with E-state index < -0.39 is 0 Å². The minimum Gasteiger partial charge on any atom is -0.459 e. The van der Waals surface area contributed by atoms with Gasteiger partial charge in [0.1, 0.15) is 11.3 Å². The molecule has 2 unspecified atom stereocenters. The molecule has 1 aliphatic carbocycles. The second-order valence-electron chi connectivity index (χ2n) is 8.15. The van der Waals surface area contributed by atoms with E-state index in [1.165, 1.54) is 0 Å². The zero-order valence-corrected chi connectivity index (χ0v) is 17.2. The number of benzene rings is 1. The number of furan rings is 1. The predicted molar refractivity (Wildman–Crippen MR) is 110 cm³/mol. The molecule has 3 atom stereocenters. The fourth-order valence-electron chi connectivity index (χ4n) is 4.06. The number of carbonyl (C=O) groups is 2. The molecule has 1 aliphatic rings. The van der Waals surface area contributed by atoms with Crippen LogP contribution in [0.25, 0.3) is 11.0 Å². The van der Waals surface area contributed by atoms with Gasteiger partial charge < -0.3 is 20.4 Å². The molecule has 1 saturated carbocycles. The van der Waals surface area contributed by atoms with Gasteiger partial charge in [0.25, 0.3) is 0 Å². The minimum atomic E-state index is -0.240. The standard InChI is InChI=1S/C22H31N3O3/c1-13(2)23-21(26)16-8-7-9-17(12-16)25-22(27)24-15(4)20-14(3)18-10-5-6-11-19(18)28-20/h5-6,10-11,13,15-17H,7-9,12H2,1-4H3,(H,23,26)(H2,24,25,27)/t15-,16?,17?/m1/s1. The molecule has 6 nitrogen and oxygen atoms in total. The van der Waals surface area contributed by atoms with E-state index in [1.807, 2.05) is 52.0 Å². The monoisotopic (exact) mass is 385 g/mol. The van der Waals surface area contributed by atoms with Crippen LogP contribution in [0.1, 0.15) is 63.8 Å². The highest BCUT2D eigenvalue weighted by Gasteiger charge is 2.29. The van der Waals surface area contributed by atoms with Crippen molar-refractivity contribution in [1.82, 2.24) is 16.0 Å². The molecule has 152 valence electrons. The lowest BCUT2D eigenvalue weighted by atomic mass is 9.85. The van der Waals surface area contributed by atoms with Crippen LogP contribution >= 0.6 is 0 Å². The Kier molecular flexibility index (Phi) is 6.27. The number of fused-ring (bicyclic) bond motifs is 1. The van der Waals surface area contributed by atoms with E-state index in [0.717, 1.165) is 41.6 Å². The third-order valence-electron chi connectivity index (χ3n) is 5.43. The summed E-state index contributed by atoms with van der Waals surface area (Å²) in [7, 11) is 0. The maximum absolute atomic E-state index is 12.5. The Bertz CT molecular complexity index is 843. The van der Waals surface area contributed by atoms with Gasteiger partial charge in [0.15, 0.2) is 0 Å². The molecule has 3 amide bonds. The molecule has 0 aliphatic heterocycles. The molecule has 0 bridgehead atoms. The number of carbonyl (C=O) groups excluding carboxylic acids is 2. The molecule has 0 saturated heterocycles. The van der Waals surface area contributed by atoms with Gasteiger partial charge in [0, 0.05) is 29.0 Å². The first kappa shape index (κ1) is 20.2. The van der Waals surface area contributed by atoms with Gasteiger partial charge in [-0.05, 0) is 53.0 Å². The molecule has 3 N–H and O–H groups in total. The minimum absolute atomic E-state index is 0.0145. The van der Waals surface area contributed by atoms with Crippen LogP contribution in [0, 0.1) is 12.8 Å². The first-order chi connectivity index (χ1) is 13.3. The molecule has 1 fully saturated rings. The van der Waals surface area contributed by atoms with Crippen molar-refractivity contribution in [2.75, 3.05) is 0 Å². The third kappa shape index (κ3) is 4.66. The molecule has 0 spiro atoms. The summed E-state index contributed by atoms with van der Waals surface area (Å²) in [5, 5.41) is 10.1. The zero-order valence-electron chi connectivity index (χ0n) is 17.2. The van der Waals surface area contributed by atoms with Gasteiger partial charge >= 0.3 is 6.03 Å². The van der Waals surface area contributed by atoms with E-state index >= 15 is 0 Å². The molecule has 1 aromatic heterocycles. The second kappa shape index (κ2) is 8.67. The van der Waals surface area contributed by atoms with E-state index in [2.05, 4.69) is 16.0 Å². The van der Waals surface area contributed by atoms with Crippen molar-refractivity contribution < 1.29 is 14.0 Å². The first-order valence-electron chi connectivity index (χ1n) is 10.2. The third-order valence-corrected chi connectivity index (χ3v) is 5.43. The molecule has 0 radical (unpaired) electrons. The van der Waals surface area contributed by atoms with E-state index in [9.17, 15) is 9.59 Å². The topological polar surface area (TPSA) is 83.4 Å². The Hall–Kier alpha value is -2.50. The van der Waals surface area contributed by atoms with Gasteiger partial charge in [-0.2, -0.15) is 0 Å². The molecular formula is C22H31N3O3. The average Bonchev–Trinajstić information content (AvgIpc) is 2.98. The molecule has 28 heavy (non-hydrogen) atoms. The summed E-state index contributed by atoms with van der Waals surface area (Å²) in [6.45, 7) is 7.86. The van der Waals surface area contributed by atoms with Crippen LogP contribution < -0.4 is 16.0 Å². The Labute approximate surface area is 166 Å². The Morgan fingerprint density at radius 1 is 1.11 bits per heavy atom. The van der Waals surface area contributed by atoms with Crippen LogP contribution in [-0.2, 0) is 4.79 Å². The molecule has 6 heteroatoms. The van der Waals surface area contributed by atoms with Crippen molar-refractivity contribution >= 4 is 22.9 Å². The summed E-state index contributed by atoms with van der Waals surface area (Å²) in [6.07, 6.45) is 3.41. The summed E-state index contributed by atoms with van der Waals surface area (Å²) in [4.78, 5) is 24.8. The lowest BCUT2D eigenvalue weighted by molar-refractivity contribution is -0.126. The van der Waals surface area contributed by atoms with E-state index in [1.54, 1.807) is 0 Å². The number of aryl methyl sites for hydroxylation is 1. The fraction of sp³-hybridized carbons (Fsp3) is 0.545. The summed E-state index contributed by atoms with van der Waals surface area (Å²) in [5.41, 5.74) is 1.88. The van der Waals surface area contributed by atoms with Crippen LogP contribution in [0.4, 0.5) is 4.79 Å². The SMILES string of the molecule is Cc1c([C@@H](C)NC(=O)NC2CCCC(C(=O)NC(C)C)C2)oc2ccccc12. The van der Waals surface area contributed by atoms with Crippen LogP contribution in [-0.4, -0.2) is 24.0 Å². The highest BCUT2D eigenvalue weighted by molar-refractivity contribution is 5.82. The lowest BCUT2D eigenvalue weighted by Crippen LogP contribution is -2.47. The van der Waals surface area contributed by atoms with E-state index in [4.69, 9.17) is 4.42 Å². The van der Waals surface area contributed by atoms with Crippen molar-refractivity contribution in [3.63, 3.8) is 0 Å². The van der Waals surface area contributed by atoms with Gasteiger partial charge in [0.05, 0.1) is 6.04 Å². The number of urea groups is 1. The number of para-hydroxylation sites is 1. The van der Waals surface area contributed by atoms with Gasteiger partial charge in [-0.15, -0.1) is 0 Å². The van der Waals surface area contributed by atoms with Crippen molar-refractivity contribution in [1.29, 1.82) is 0 Å². The number of hydrogen-bond acceptors (Lipinski definition) is 3. The Morgan fingerprint density at radius 3 is 2.57 bits per heavy atom. The average molecular weight is 386 g/mol. The molecular weight excluding hydrogens is 354 g/mol. The van der Waals surface area contributed by atoms with Crippen molar-refractivity contribution in [3.8, 4) is 0 Å². The van der Waals surface area contributed by atoms with Crippen LogP contribution in [0.2, 0.25) is 0 Å². The summed E-state index contributed by atoms with van der Waals surface area (Å²) < 4.78 is 5.94. The highest BCUT2D eigenvalue weighted by Crippen LogP contribution is 2.29. The fourth-order valence-corrected chi connectivity index (χ4v) is 4.06. The van der Waals surface area contributed by atoms with Gasteiger partial charge in [-0.3, -0.25) is 4.79 Å². The first-order valence-corrected chi connectivity index (χ1v) is 10.2. The predicted octanol–water partition coefficient (Wildman–Crippen LogP) is 4.18. The normalized spacial score (nSPS) is 20.8. The summed E-state index contributed by atoms with van der Waals surface area (Å²) >= 11 is 0. The quantitative estimate of drug-likeness (QED) is 0.722. The van der Waals surface area contributed by atoms with Crippen LogP contribution in [0.3, 0.4) is 0 Å². The van der Waals surface area contributed by atoms with E-state index in [0.29, 0.717) is 6.42 Å². The smallest absolute Gasteiger partial charge is 0.315 e. The maximum Gasteiger partial charge on any atom is 0.315 e. The summed E-state index contributed by atoms with van der Waals surface area (Å²) in [6, 6.07) is 7.57. The van der Waals surface area contributed by atoms with Gasteiger partial charge in [-0.1, -0.05) is 24.6 Å². The number of nitrogens with one attached hydrogen (secondary N) is 3. The number of rotatable bonds is 5. The van der Waals surface area contributed by atoms with Gasteiger partial charge in [0.2, 0.25) is 5.91 Å². The number of amides is 3. The highest BCUT2D eigenvalue weighted by atomic mass is 16.3. The maximum atomic E-state index is 12.5. The van der Waals surface area contributed by atoms with Crippen molar-refractivity contribution in [2.45, 2.75) is 71.5 Å². The van der Waals surface area contributed by atoms with Crippen LogP contribution in [0.5, 0.6) is 0 Å². The second-order valence-corrected chi connectivity index (χ2v) is 8.15. The van der Waals surface area contributed by atoms with Crippen LogP contribution in [0.15, 0.2) is 28.7 Å². The molecule has 1 aromatic carbocycles. The largest absolute Gasteiger partial charge is 0.459 e. The number of hydrogen-bond donors (Lipinski definition) is 3.